The van der Waals surface area contributed by atoms with Gasteiger partial charge in [0.15, 0.2) is 0 Å². The zero-order valence-corrected chi connectivity index (χ0v) is 4.62. The molecule has 0 aromatic heterocycles. The smallest absolute Gasteiger partial charge is 0.0307 e. The molecule has 0 fully saturated rings. The fourth-order valence-corrected chi connectivity index (χ4v) is 0.199. The highest BCUT2D eigenvalue weighted by molar-refractivity contribution is 7.17. The van der Waals surface area contributed by atoms with E-state index in [0.29, 0.717) is 0 Å². The van der Waals surface area contributed by atoms with Gasteiger partial charge in [-0.1, -0.05) is 0 Å². The van der Waals surface area contributed by atoms with Crippen LogP contribution in [0.3, 0.4) is 0 Å². The van der Waals surface area contributed by atoms with Crippen molar-refractivity contribution in [2.45, 2.75) is 0 Å². The Hall–Kier alpha value is -0.230. The topological polar surface area (TPSA) is 24.7 Å². The molecule has 0 aromatic rings. The van der Waals surface area contributed by atoms with Crippen LogP contribution >= 0.6 is 9.24 Å². The maximum absolute atomic E-state index is 3.46. The van der Waals surface area contributed by atoms with Gasteiger partial charge in [-0.25, -0.2) is 0 Å². The third kappa shape index (κ3) is 3.77. The van der Waals surface area contributed by atoms with Crippen molar-refractivity contribution in [3.05, 3.63) is 0 Å². The largest absolute Gasteiger partial charge is 0.167 e. The third-order valence-electron chi connectivity index (χ3n) is 0.269. The predicted octanol–water partition coefficient (Wildman–Crippen LogP) is 0.548. The molecule has 0 spiro atoms. The van der Waals surface area contributed by atoms with Crippen molar-refractivity contribution in [1.29, 1.82) is 0 Å². The van der Waals surface area contributed by atoms with Gasteiger partial charge < -0.3 is 0 Å². The van der Waals surface area contributed by atoms with E-state index in [1.54, 1.807) is 6.21 Å². The van der Waals surface area contributed by atoms with Gasteiger partial charge in [-0.3, -0.25) is 0 Å². The molecule has 1 atom stereocenters. The predicted molar refractivity (Wildman–Crippen MR) is 32.6 cm³/mol. The summed E-state index contributed by atoms with van der Waals surface area (Å²) in [6, 6.07) is 0. The second kappa shape index (κ2) is 4.77. The Morgan fingerprint density at radius 1 is 1.83 bits per heavy atom. The zero-order valence-electron chi connectivity index (χ0n) is 3.46. The Morgan fingerprint density at radius 2 is 2.50 bits per heavy atom. The average Bonchev–Trinajstić information content (AvgIpc) is 1.61. The van der Waals surface area contributed by atoms with Gasteiger partial charge in [0.1, 0.15) is 0 Å². The second-order valence-electron chi connectivity index (χ2n) is 0.675. The van der Waals surface area contributed by atoms with Gasteiger partial charge in [0.05, 0.1) is 0 Å². The SMILES string of the molecule is C=N/N=C/CP. The molecule has 0 heterocycles. The first-order valence-electron chi connectivity index (χ1n) is 1.59. The summed E-state index contributed by atoms with van der Waals surface area (Å²) in [5.41, 5.74) is 0. The van der Waals surface area contributed by atoms with Crippen LogP contribution in [0.4, 0.5) is 0 Å². The normalized spacial score (nSPS) is 9.50. The molecule has 1 unspecified atom stereocenters. The highest BCUT2D eigenvalue weighted by Crippen LogP contribution is 1.72. The highest BCUT2D eigenvalue weighted by atomic mass is 31.0. The second-order valence-corrected chi connectivity index (χ2v) is 1.15. The Balaban J connectivity index is 2.94. The molecule has 2 nitrogen and oxygen atoms in total. The lowest BCUT2D eigenvalue weighted by Gasteiger charge is -1.67. The maximum atomic E-state index is 3.46. The van der Waals surface area contributed by atoms with Crippen LogP contribution in [0, 0.1) is 0 Å². The van der Waals surface area contributed by atoms with Crippen molar-refractivity contribution in [1.82, 2.24) is 0 Å². The van der Waals surface area contributed by atoms with Crippen LogP contribution < -0.4 is 0 Å². The van der Waals surface area contributed by atoms with Gasteiger partial charge in [0.2, 0.25) is 0 Å². The van der Waals surface area contributed by atoms with E-state index < -0.39 is 0 Å². The molecule has 0 aliphatic carbocycles. The molecule has 0 amide bonds. The van der Waals surface area contributed by atoms with Crippen molar-refractivity contribution < 1.29 is 0 Å². The lowest BCUT2D eigenvalue weighted by atomic mass is 10.9. The highest BCUT2D eigenvalue weighted by Gasteiger charge is 1.56. The lowest BCUT2D eigenvalue weighted by Crippen LogP contribution is -1.66. The van der Waals surface area contributed by atoms with E-state index in [0.717, 1.165) is 6.16 Å². The Labute approximate surface area is 39.6 Å². The van der Waals surface area contributed by atoms with Crippen molar-refractivity contribution in [2.75, 3.05) is 6.16 Å². The Morgan fingerprint density at radius 3 is 2.67 bits per heavy atom. The van der Waals surface area contributed by atoms with E-state index in [4.69, 9.17) is 0 Å². The first-order chi connectivity index (χ1) is 2.91. The van der Waals surface area contributed by atoms with Crippen molar-refractivity contribution in [3.8, 4) is 0 Å². The van der Waals surface area contributed by atoms with E-state index in [9.17, 15) is 0 Å². The van der Waals surface area contributed by atoms with Crippen LogP contribution in [-0.2, 0) is 0 Å². The molecule has 0 rings (SSSR count). The zero-order chi connectivity index (χ0) is 4.83. The molecule has 0 saturated carbocycles. The number of rotatable bonds is 2. The van der Waals surface area contributed by atoms with Gasteiger partial charge >= 0.3 is 0 Å². The van der Waals surface area contributed by atoms with Crippen LogP contribution in [0.1, 0.15) is 0 Å². The summed E-state index contributed by atoms with van der Waals surface area (Å²) in [6.07, 6.45) is 2.51. The molecule has 0 bridgehead atoms. The standard InChI is InChI=1S/C3H7N2P/c1-4-5-2-3-6/h2H,1,3,6H2/b5-2+. The van der Waals surface area contributed by atoms with Crippen molar-refractivity contribution in [3.63, 3.8) is 0 Å². The Bertz CT molecular complexity index is 59.8. The van der Waals surface area contributed by atoms with Crippen molar-refractivity contribution in [2.24, 2.45) is 10.2 Å². The Kier molecular flexibility index (Phi) is 4.59. The molecule has 34 valence electrons. The maximum Gasteiger partial charge on any atom is 0.0307 e. The van der Waals surface area contributed by atoms with Crippen LogP contribution in [-0.4, -0.2) is 19.1 Å². The van der Waals surface area contributed by atoms with E-state index in [-0.39, 0.29) is 0 Å². The summed E-state index contributed by atoms with van der Waals surface area (Å²) in [4.78, 5) is 0. The molecule has 3 heteroatoms. The number of hydrogen-bond acceptors (Lipinski definition) is 2. The molecule has 0 saturated heterocycles. The van der Waals surface area contributed by atoms with Crippen LogP contribution in [0.2, 0.25) is 0 Å². The molecule has 0 aliphatic rings. The van der Waals surface area contributed by atoms with Crippen LogP contribution in [0.25, 0.3) is 0 Å². The molecule has 0 aromatic carbocycles. The molecular formula is C3H7N2P. The van der Waals surface area contributed by atoms with E-state index >= 15 is 0 Å². The van der Waals surface area contributed by atoms with Crippen molar-refractivity contribution >= 4 is 22.2 Å². The molecular weight excluding hydrogens is 95.0 g/mol. The first-order valence-corrected chi connectivity index (χ1v) is 2.41. The van der Waals surface area contributed by atoms with Gasteiger partial charge in [0, 0.05) is 12.9 Å². The molecule has 0 N–H and O–H groups in total. The third-order valence-corrected chi connectivity index (χ3v) is 0.480. The van der Waals surface area contributed by atoms with Gasteiger partial charge in [-0.15, -0.1) is 9.24 Å². The van der Waals surface area contributed by atoms with E-state index in [1.165, 1.54) is 0 Å². The minimum atomic E-state index is 0.846. The quantitative estimate of drug-likeness (QED) is 0.276. The summed E-state index contributed by atoms with van der Waals surface area (Å²) >= 11 is 0. The minimum Gasteiger partial charge on any atom is -0.167 e. The fourth-order valence-electron chi connectivity index (χ4n) is 0.105. The summed E-state index contributed by atoms with van der Waals surface area (Å²) in [6.45, 7) is 3.14. The lowest BCUT2D eigenvalue weighted by molar-refractivity contribution is 1.28. The fraction of sp³-hybridized carbons (Fsp3) is 0.333. The van der Waals surface area contributed by atoms with E-state index in [1.807, 2.05) is 0 Å². The first kappa shape index (κ1) is 5.77. The van der Waals surface area contributed by atoms with Gasteiger partial charge in [0.25, 0.3) is 0 Å². The van der Waals surface area contributed by atoms with Gasteiger partial charge in [-0.05, 0) is 6.16 Å². The monoisotopic (exact) mass is 102 g/mol. The molecule has 6 heavy (non-hydrogen) atoms. The van der Waals surface area contributed by atoms with Crippen LogP contribution in [0.5, 0.6) is 0 Å². The summed E-state index contributed by atoms with van der Waals surface area (Å²) in [5.74, 6) is 0. The molecule has 0 aliphatic heterocycles. The summed E-state index contributed by atoms with van der Waals surface area (Å²) in [5, 5.41) is 6.69. The minimum absolute atomic E-state index is 0.846. The number of nitrogens with zero attached hydrogens (tertiary/aromatic N) is 2. The summed E-state index contributed by atoms with van der Waals surface area (Å²) in [7, 11) is 2.49. The number of hydrogen-bond donors (Lipinski definition) is 0. The molecule has 0 radical (unpaired) electrons. The van der Waals surface area contributed by atoms with E-state index in [2.05, 4.69) is 26.2 Å². The van der Waals surface area contributed by atoms with Gasteiger partial charge in [-0.2, -0.15) is 10.2 Å². The average molecular weight is 102 g/mol. The van der Waals surface area contributed by atoms with Crippen LogP contribution in [0.15, 0.2) is 10.2 Å². The summed E-state index contributed by atoms with van der Waals surface area (Å²) < 4.78 is 0.